The van der Waals surface area contributed by atoms with Gasteiger partial charge in [0.05, 0.1) is 11.3 Å². The van der Waals surface area contributed by atoms with Gasteiger partial charge in [-0.2, -0.15) is 0 Å². The highest BCUT2D eigenvalue weighted by atomic mass is 16.2. The molecule has 0 aliphatic heterocycles. The normalized spacial score (nSPS) is 11.0. The Morgan fingerprint density at radius 3 is 2.24 bits per heavy atom. The monoisotopic (exact) mass is 338 g/mol. The summed E-state index contributed by atoms with van der Waals surface area (Å²) in [6.45, 7) is 6.57. The average Bonchev–Trinajstić information content (AvgIpc) is 2.54. The number of benzene rings is 2. The van der Waals surface area contributed by atoms with Crippen molar-refractivity contribution in [1.82, 2.24) is 5.32 Å². The predicted octanol–water partition coefficient (Wildman–Crippen LogP) is 4.03. The largest absolute Gasteiger partial charge is 0.352 e. The van der Waals surface area contributed by atoms with Gasteiger partial charge in [-0.05, 0) is 29.5 Å². The van der Waals surface area contributed by atoms with Gasteiger partial charge in [0.15, 0.2) is 0 Å². The first kappa shape index (κ1) is 18.7. The number of amides is 2. The fourth-order valence-corrected chi connectivity index (χ4v) is 2.53. The third kappa shape index (κ3) is 6.42. The van der Waals surface area contributed by atoms with Gasteiger partial charge in [-0.25, -0.2) is 0 Å². The van der Waals surface area contributed by atoms with Crippen LogP contribution in [0, 0.1) is 5.41 Å². The van der Waals surface area contributed by atoms with Crippen molar-refractivity contribution in [2.45, 2.75) is 33.6 Å². The van der Waals surface area contributed by atoms with Crippen molar-refractivity contribution >= 4 is 17.5 Å². The van der Waals surface area contributed by atoms with E-state index in [4.69, 9.17) is 0 Å². The molecule has 0 heterocycles. The summed E-state index contributed by atoms with van der Waals surface area (Å²) < 4.78 is 0. The minimum absolute atomic E-state index is 0.0861. The van der Waals surface area contributed by atoms with Gasteiger partial charge >= 0.3 is 0 Å². The van der Waals surface area contributed by atoms with E-state index in [0.717, 1.165) is 6.42 Å². The summed E-state index contributed by atoms with van der Waals surface area (Å²) in [4.78, 5) is 24.6. The molecule has 4 nitrogen and oxygen atoms in total. The molecule has 0 aliphatic rings. The molecule has 2 N–H and O–H groups in total. The highest BCUT2D eigenvalue weighted by molar-refractivity contribution is 6.03. The minimum atomic E-state index is -0.178. The van der Waals surface area contributed by atoms with Crippen LogP contribution in [0.4, 0.5) is 5.69 Å². The van der Waals surface area contributed by atoms with E-state index in [-0.39, 0.29) is 17.2 Å². The number of anilines is 1. The summed E-state index contributed by atoms with van der Waals surface area (Å²) >= 11 is 0. The van der Waals surface area contributed by atoms with Gasteiger partial charge in [0.2, 0.25) is 5.91 Å². The van der Waals surface area contributed by atoms with Crippen molar-refractivity contribution in [3.05, 3.63) is 65.7 Å². The van der Waals surface area contributed by atoms with E-state index < -0.39 is 0 Å². The maximum Gasteiger partial charge on any atom is 0.253 e. The van der Waals surface area contributed by atoms with E-state index in [9.17, 15) is 9.59 Å². The number of hydrogen-bond acceptors (Lipinski definition) is 2. The molecule has 2 aromatic rings. The molecule has 2 aromatic carbocycles. The maximum absolute atomic E-state index is 12.5. The minimum Gasteiger partial charge on any atom is -0.352 e. The topological polar surface area (TPSA) is 58.2 Å². The second-order valence-electron chi connectivity index (χ2n) is 7.32. The first-order valence-electron chi connectivity index (χ1n) is 8.56. The molecule has 0 aromatic heterocycles. The quantitative estimate of drug-likeness (QED) is 0.835. The van der Waals surface area contributed by atoms with Crippen LogP contribution in [0.15, 0.2) is 54.6 Å². The first-order chi connectivity index (χ1) is 11.8. The smallest absolute Gasteiger partial charge is 0.253 e. The van der Waals surface area contributed by atoms with Gasteiger partial charge in [-0.1, -0.05) is 63.2 Å². The Labute approximate surface area is 149 Å². The molecule has 0 radical (unpaired) electrons. The highest BCUT2D eigenvalue weighted by Gasteiger charge is 2.18. The van der Waals surface area contributed by atoms with Crippen LogP contribution in [0.2, 0.25) is 0 Å². The van der Waals surface area contributed by atoms with Crippen LogP contribution in [0.25, 0.3) is 0 Å². The van der Waals surface area contributed by atoms with Gasteiger partial charge in [0, 0.05) is 13.0 Å². The third-order valence-electron chi connectivity index (χ3n) is 3.68. The van der Waals surface area contributed by atoms with E-state index in [1.54, 1.807) is 18.2 Å². The Morgan fingerprint density at radius 2 is 1.56 bits per heavy atom. The van der Waals surface area contributed by atoms with E-state index in [1.165, 1.54) is 5.56 Å². The summed E-state index contributed by atoms with van der Waals surface area (Å²) in [6, 6.07) is 17.1. The van der Waals surface area contributed by atoms with Gasteiger partial charge in [0.25, 0.3) is 5.91 Å². The molecule has 0 saturated heterocycles. The molecule has 0 atom stereocenters. The molecule has 25 heavy (non-hydrogen) atoms. The predicted molar refractivity (Wildman–Crippen MR) is 102 cm³/mol. The second-order valence-corrected chi connectivity index (χ2v) is 7.32. The van der Waals surface area contributed by atoms with Crippen LogP contribution in [-0.4, -0.2) is 18.4 Å². The van der Waals surface area contributed by atoms with Crippen LogP contribution in [-0.2, 0) is 11.2 Å². The molecule has 4 heteroatoms. The third-order valence-corrected chi connectivity index (χ3v) is 3.68. The molecule has 0 aliphatic carbocycles. The van der Waals surface area contributed by atoms with Gasteiger partial charge in [0.1, 0.15) is 0 Å². The molecule has 0 spiro atoms. The summed E-state index contributed by atoms with van der Waals surface area (Å²) in [7, 11) is 0. The van der Waals surface area contributed by atoms with Gasteiger partial charge in [-0.15, -0.1) is 0 Å². The fourth-order valence-electron chi connectivity index (χ4n) is 2.53. The zero-order chi connectivity index (χ0) is 18.3. The van der Waals surface area contributed by atoms with E-state index in [0.29, 0.717) is 24.2 Å². The summed E-state index contributed by atoms with van der Waals surface area (Å²) in [5, 5.41) is 5.78. The lowest BCUT2D eigenvalue weighted by atomic mass is 9.92. The SMILES string of the molecule is CC(C)(C)CC(=O)Nc1ccccc1C(=O)NCCc1ccccc1. The van der Waals surface area contributed by atoms with Crippen LogP contribution in [0.3, 0.4) is 0 Å². The molecule has 0 bridgehead atoms. The zero-order valence-electron chi connectivity index (χ0n) is 15.1. The zero-order valence-corrected chi connectivity index (χ0v) is 15.1. The van der Waals surface area contributed by atoms with Crippen LogP contribution in [0.1, 0.15) is 43.1 Å². The lowest BCUT2D eigenvalue weighted by molar-refractivity contribution is -0.117. The Bertz CT molecular complexity index is 718. The molecule has 2 rings (SSSR count). The number of hydrogen-bond donors (Lipinski definition) is 2. The van der Waals surface area contributed by atoms with Crippen LogP contribution in [0.5, 0.6) is 0 Å². The van der Waals surface area contributed by atoms with Crippen molar-refractivity contribution < 1.29 is 9.59 Å². The number of carbonyl (C=O) groups is 2. The first-order valence-corrected chi connectivity index (χ1v) is 8.56. The fraction of sp³-hybridized carbons (Fsp3) is 0.333. The maximum atomic E-state index is 12.5. The van der Waals surface area contributed by atoms with E-state index in [1.807, 2.05) is 57.2 Å². The van der Waals surface area contributed by atoms with Crippen LogP contribution >= 0.6 is 0 Å². The molecule has 132 valence electrons. The summed E-state index contributed by atoms with van der Waals surface area (Å²) in [5.74, 6) is -0.264. The van der Waals surface area contributed by atoms with Crippen molar-refractivity contribution in [3.8, 4) is 0 Å². The number of carbonyl (C=O) groups excluding carboxylic acids is 2. The van der Waals surface area contributed by atoms with Gasteiger partial charge < -0.3 is 10.6 Å². The molecule has 0 unspecified atom stereocenters. The lowest BCUT2D eigenvalue weighted by Gasteiger charge is -2.18. The molecular formula is C21H26N2O2. The molecule has 0 fully saturated rings. The van der Waals surface area contributed by atoms with E-state index >= 15 is 0 Å². The second kappa shape index (κ2) is 8.47. The summed E-state index contributed by atoms with van der Waals surface area (Å²) in [5.41, 5.74) is 2.11. The molecule has 0 saturated carbocycles. The Morgan fingerprint density at radius 1 is 0.920 bits per heavy atom. The Balaban J connectivity index is 1.96. The van der Waals surface area contributed by atoms with Gasteiger partial charge in [-0.3, -0.25) is 9.59 Å². The summed E-state index contributed by atoms with van der Waals surface area (Å²) in [6.07, 6.45) is 1.17. The number of para-hydroxylation sites is 1. The van der Waals surface area contributed by atoms with Crippen molar-refractivity contribution in [3.63, 3.8) is 0 Å². The van der Waals surface area contributed by atoms with E-state index in [2.05, 4.69) is 10.6 Å². The standard InChI is InChI=1S/C21H26N2O2/c1-21(2,3)15-19(24)23-18-12-8-7-11-17(18)20(25)22-14-13-16-9-5-4-6-10-16/h4-12H,13-15H2,1-3H3,(H,22,25)(H,23,24). The highest BCUT2D eigenvalue weighted by Crippen LogP contribution is 2.21. The number of rotatable bonds is 6. The lowest BCUT2D eigenvalue weighted by Crippen LogP contribution is -2.27. The van der Waals surface area contributed by atoms with Crippen molar-refractivity contribution in [1.29, 1.82) is 0 Å². The molecule has 2 amide bonds. The molecular weight excluding hydrogens is 312 g/mol. The average molecular weight is 338 g/mol. The Hall–Kier alpha value is -2.62. The Kier molecular flexibility index (Phi) is 6.34. The van der Waals surface area contributed by atoms with Crippen molar-refractivity contribution in [2.24, 2.45) is 5.41 Å². The van der Waals surface area contributed by atoms with Crippen molar-refractivity contribution in [2.75, 3.05) is 11.9 Å². The number of nitrogens with one attached hydrogen (secondary N) is 2. The van der Waals surface area contributed by atoms with Crippen LogP contribution < -0.4 is 10.6 Å².